The maximum atomic E-state index is 9.42. The molecule has 0 saturated heterocycles. The first-order valence-corrected chi connectivity index (χ1v) is 5.69. The minimum atomic E-state index is 0.0215. The van der Waals surface area contributed by atoms with E-state index in [-0.39, 0.29) is 12.1 Å². The van der Waals surface area contributed by atoms with Gasteiger partial charge in [0, 0.05) is 5.54 Å². The van der Waals surface area contributed by atoms with E-state index in [0.717, 1.165) is 25.8 Å². The van der Waals surface area contributed by atoms with Gasteiger partial charge in [0.1, 0.15) is 0 Å². The molecule has 0 heterocycles. The van der Waals surface area contributed by atoms with Crippen molar-refractivity contribution in [3.05, 3.63) is 12.2 Å². The minimum absolute atomic E-state index is 0.0215. The smallest absolute Gasteiger partial charge is 0.0613 e. The zero-order chi connectivity index (χ0) is 10.4. The maximum absolute atomic E-state index is 9.42. The average Bonchev–Trinajstić information content (AvgIpc) is 2.19. The predicted octanol–water partition coefficient (Wildman–Crippen LogP) is 2.24. The van der Waals surface area contributed by atoms with Crippen LogP contribution in [-0.2, 0) is 0 Å². The normalized spacial score (nSPS) is 20.7. The van der Waals surface area contributed by atoms with Crippen LogP contribution in [0.5, 0.6) is 0 Å². The minimum Gasteiger partial charge on any atom is -0.394 e. The fourth-order valence-electron chi connectivity index (χ4n) is 2.16. The Hall–Kier alpha value is -0.340. The number of rotatable bonds is 5. The van der Waals surface area contributed by atoms with Gasteiger partial charge < -0.3 is 10.4 Å². The first-order valence-electron chi connectivity index (χ1n) is 5.69. The second kappa shape index (κ2) is 5.52. The Morgan fingerprint density at radius 3 is 2.50 bits per heavy atom. The highest BCUT2D eigenvalue weighted by molar-refractivity contribution is 4.93. The molecule has 0 spiro atoms. The molecule has 1 rings (SSSR count). The molecule has 1 aliphatic carbocycles. The van der Waals surface area contributed by atoms with Crippen molar-refractivity contribution in [2.75, 3.05) is 13.2 Å². The Balaban J connectivity index is 2.32. The maximum Gasteiger partial charge on any atom is 0.0613 e. The fraction of sp³-hybridized carbons (Fsp3) is 0.833. The molecule has 0 unspecified atom stereocenters. The molecule has 1 fully saturated rings. The SMILES string of the molecule is C=C(C)CCNC1(CO)CCCCC1. The molecule has 0 atom stereocenters. The zero-order valence-corrected chi connectivity index (χ0v) is 9.31. The average molecular weight is 197 g/mol. The third kappa shape index (κ3) is 3.43. The molecule has 2 N–H and O–H groups in total. The van der Waals surface area contributed by atoms with Gasteiger partial charge in [-0.3, -0.25) is 0 Å². The van der Waals surface area contributed by atoms with Crippen LogP contribution in [0, 0.1) is 0 Å². The summed E-state index contributed by atoms with van der Waals surface area (Å²) >= 11 is 0. The molecule has 0 aliphatic heterocycles. The van der Waals surface area contributed by atoms with Crippen molar-refractivity contribution >= 4 is 0 Å². The second-order valence-electron chi connectivity index (χ2n) is 4.63. The molecule has 0 radical (unpaired) electrons. The summed E-state index contributed by atoms with van der Waals surface area (Å²) in [6.07, 6.45) is 7.09. The van der Waals surface area contributed by atoms with Crippen molar-refractivity contribution in [2.24, 2.45) is 0 Å². The zero-order valence-electron chi connectivity index (χ0n) is 9.31. The Morgan fingerprint density at radius 1 is 1.36 bits per heavy atom. The summed E-state index contributed by atoms with van der Waals surface area (Å²) in [5.74, 6) is 0. The molecular formula is C12H23NO. The molecule has 14 heavy (non-hydrogen) atoms. The van der Waals surface area contributed by atoms with E-state index in [1.165, 1.54) is 24.8 Å². The van der Waals surface area contributed by atoms with E-state index in [1.54, 1.807) is 0 Å². The molecule has 1 saturated carbocycles. The summed E-state index contributed by atoms with van der Waals surface area (Å²) in [6, 6.07) is 0. The Morgan fingerprint density at radius 2 is 2.00 bits per heavy atom. The van der Waals surface area contributed by atoms with Crippen molar-refractivity contribution in [2.45, 2.75) is 51.0 Å². The van der Waals surface area contributed by atoms with Gasteiger partial charge in [-0.1, -0.05) is 24.8 Å². The summed E-state index contributed by atoms with van der Waals surface area (Å²) in [7, 11) is 0. The lowest BCUT2D eigenvalue weighted by Gasteiger charge is -2.36. The highest BCUT2D eigenvalue weighted by atomic mass is 16.3. The highest BCUT2D eigenvalue weighted by Crippen LogP contribution is 2.27. The molecule has 0 amide bonds. The van der Waals surface area contributed by atoms with Gasteiger partial charge in [-0.05, 0) is 32.7 Å². The van der Waals surface area contributed by atoms with E-state index in [0.29, 0.717) is 0 Å². The summed E-state index contributed by atoms with van der Waals surface area (Å²) < 4.78 is 0. The molecule has 1 aliphatic rings. The second-order valence-corrected chi connectivity index (χ2v) is 4.63. The molecule has 0 bridgehead atoms. The number of aliphatic hydroxyl groups is 1. The highest BCUT2D eigenvalue weighted by Gasteiger charge is 2.30. The van der Waals surface area contributed by atoms with E-state index < -0.39 is 0 Å². The van der Waals surface area contributed by atoms with Crippen molar-refractivity contribution in [3.8, 4) is 0 Å². The standard InChI is InChI=1S/C12H23NO/c1-11(2)6-9-13-12(10-14)7-4-3-5-8-12/h13-14H,1,3-10H2,2H3. The van der Waals surface area contributed by atoms with E-state index >= 15 is 0 Å². The fourth-order valence-corrected chi connectivity index (χ4v) is 2.16. The summed E-state index contributed by atoms with van der Waals surface area (Å²) in [4.78, 5) is 0. The summed E-state index contributed by atoms with van der Waals surface area (Å²) in [6.45, 7) is 7.17. The van der Waals surface area contributed by atoms with E-state index in [1.807, 2.05) is 6.92 Å². The molecule has 2 nitrogen and oxygen atoms in total. The number of nitrogens with one attached hydrogen (secondary N) is 1. The Labute approximate surface area is 87.4 Å². The third-order valence-electron chi connectivity index (χ3n) is 3.17. The molecule has 0 aromatic heterocycles. The van der Waals surface area contributed by atoms with E-state index in [2.05, 4.69) is 11.9 Å². The quantitative estimate of drug-likeness (QED) is 0.662. The van der Waals surface area contributed by atoms with Crippen LogP contribution in [0.3, 0.4) is 0 Å². The topological polar surface area (TPSA) is 32.3 Å². The van der Waals surface area contributed by atoms with Crippen LogP contribution < -0.4 is 5.32 Å². The van der Waals surface area contributed by atoms with Gasteiger partial charge in [-0.2, -0.15) is 0 Å². The van der Waals surface area contributed by atoms with Gasteiger partial charge in [0.25, 0.3) is 0 Å². The molecule has 0 aromatic carbocycles. The first-order chi connectivity index (χ1) is 6.68. The number of hydrogen-bond acceptors (Lipinski definition) is 2. The van der Waals surface area contributed by atoms with Crippen molar-refractivity contribution in [1.82, 2.24) is 5.32 Å². The van der Waals surface area contributed by atoms with Crippen LogP contribution >= 0.6 is 0 Å². The Kier molecular flexibility index (Phi) is 4.63. The van der Waals surface area contributed by atoms with Crippen LogP contribution in [0.2, 0.25) is 0 Å². The van der Waals surface area contributed by atoms with Gasteiger partial charge in [0.15, 0.2) is 0 Å². The lowest BCUT2D eigenvalue weighted by atomic mass is 9.82. The summed E-state index contributed by atoms with van der Waals surface area (Å²) in [5, 5.41) is 12.9. The first kappa shape index (κ1) is 11.7. The Bertz CT molecular complexity index is 183. The predicted molar refractivity (Wildman–Crippen MR) is 60.3 cm³/mol. The molecular weight excluding hydrogens is 174 g/mol. The van der Waals surface area contributed by atoms with Gasteiger partial charge in [-0.15, -0.1) is 6.58 Å². The van der Waals surface area contributed by atoms with Crippen LogP contribution in [0.4, 0.5) is 0 Å². The van der Waals surface area contributed by atoms with Crippen LogP contribution in [0.15, 0.2) is 12.2 Å². The molecule has 0 aromatic rings. The lowest BCUT2D eigenvalue weighted by Crippen LogP contribution is -2.50. The van der Waals surface area contributed by atoms with Gasteiger partial charge in [0.05, 0.1) is 6.61 Å². The van der Waals surface area contributed by atoms with Gasteiger partial charge >= 0.3 is 0 Å². The lowest BCUT2D eigenvalue weighted by molar-refractivity contribution is 0.122. The third-order valence-corrected chi connectivity index (χ3v) is 3.17. The van der Waals surface area contributed by atoms with Crippen molar-refractivity contribution < 1.29 is 5.11 Å². The van der Waals surface area contributed by atoms with Gasteiger partial charge in [0.2, 0.25) is 0 Å². The van der Waals surface area contributed by atoms with E-state index in [9.17, 15) is 5.11 Å². The van der Waals surface area contributed by atoms with Crippen LogP contribution in [0.25, 0.3) is 0 Å². The number of aliphatic hydroxyl groups excluding tert-OH is 1. The van der Waals surface area contributed by atoms with Crippen LogP contribution in [0.1, 0.15) is 45.4 Å². The van der Waals surface area contributed by atoms with Gasteiger partial charge in [-0.25, -0.2) is 0 Å². The van der Waals surface area contributed by atoms with Crippen LogP contribution in [-0.4, -0.2) is 23.8 Å². The molecule has 2 heteroatoms. The molecule has 82 valence electrons. The summed E-state index contributed by atoms with van der Waals surface area (Å²) in [5.41, 5.74) is 1.23. The van der Waals surface area contributed by atoms with Crippen molar-refractivity contribution in [3.63, 3.8) is 0 Å². The van der Waals surface area contributed by atoms with E-state index in [4.69, 9.17) is 0 Å². The monoisotopic (exact) mass is 197 g/mol. The largest absolute Gasteiger partial charge is 0.394 e. The van der Waals surface area contributed by atoms with Crippen molar-refractivity contribution in [1.29, 1.82) is 0 Å². The number of hydrogen-bond donors (Lipinski definition) is 2.